The van der Waals surface area contributed by atoms with E-state index in [1.165, 1.54) is 44.0 Å². The van der Waals surface area contributed by atoms with Gasteiger partial charge >= 0.3 is 0 Å². The predicted molar refractivity (Wildman–Crippen MR) is 253 cm³/mol. The summed E-state index contributed by atoms with van der Waals surface area (Å²) in [6, 6.07) is 84.5. The van der Waals surface area contributed by atoms with Crippen LogP contribution < -0.4 is 4.90 Å². The Balaban J connectivity index is 0.979. The molecule has 11 rings (SSSR count). The number of furan rings is 1. The number of hydrogen-bond donors (Lipinski definition) is 0. The zero-order chi connectivity index (χ0) is 39.8. The van der Waals surface area contributed by atoms with E-state index in [0.29, 0.717) is 0 Å². The molecule has 0 saturated carbocycles. The van der Waals surface area contributed by atoms with E-state index in [-0.39, 0.29) is 0 Å². The van der Waals surface area contributed by atoms with Crippen molar-refractivity contribution in [3.05, 3.63) is 237 Å². The molecule has 0 bridgehead atoms. The molecule has 10 aromatic carbocycles. The maximum atomic E-state index is 6.93. The molecule has 0 aliphatic heterocycles. The third kappa shape index (κ3) is 6.32. The smallest absolute Gasteiger partial charge is 0.143 e. The molecule has 282 valence electrons. The molecule has 0 atom stereocenters. The molecule has 2 nitrogen and oxygen atoms in total. The summed E-state index contributed by atoms with van der Waals surface area (Å²) in [5.41, 5.74) is 14.7. The molecule has 0 fully saturated rings. The lowest BCUT2D eigenvalue weighted by atomic mass is 9.91. The second-order valence-corrected chi connectivity index (χ2v) is 15.3. The summed E-state index contributed by atoms with van der Waals surface area (Å²) in [5, 5.41) is 5.82. The van der Waals surface area contributed by atoms with Gasteiger partial charge < -0.3 is 9.32 Å². The highest BCUT2D eigenvalue weighted by Gasteiger charge is 2.23. The van der Waals surface area contributed by atoms with Crippen LogP contribution in [0.1, 0.15) is 0 Å². The van der Waals surface area contributed by atoms with Gasteiger partial charge in [-0.25, -0.2) is 0 Å². The van der Waals surface area contributed by atoms with Gasteiger partial charge in [-0.1, -0.05) is 194 Å². The highest BCUT2D eigenvalue weighted by molar-refractivity contribution is 6.28. The Kier molecular flexibility index (Phi) is 8.87. The van der Waals surface area contributed by atoms with E-state index in [1.807, 2.05) is 0 Å². The molecule has 0 spiro atoms. The molecular weight excluding hydrogens is 727 g/mol. The van der Waals surface area contributed by atoms with E-state index in [9.17, 15) is 0 Å². The third-order valence-electron chi connectivity index (χ3n) is 11.7. The molecule has 0 unspecified atom stereocenters. The second-order valence-electron chi connectivity index (χ2n) is 15.3. The normalized spacial score (nSPS) is 11.3. The quantitative estimate of drug-likeness (QED) is 0.143. The lowest BCUT2D eigenvalue weighted by Crippen LogP contribution is -2.09. The van der Waals surface area contributed by atoms with Crippen LogP contribution in [-0.2, 0) is 0 Å². The number of hydrogen-bond acceptors (Lipinski definition) is 2. The van der Waals surface area contributed by atoms with Crippen molar-refractivity contribution >= 4 is 49.6 Å². The molecule has 0 radical (unpaired) electrons. The maximum absolute atomic E-state index is 6.93. The van der Waals surface area contributed by atoms with Gasteiger partial charge in [0, 0.05) is 39.0 Å². The van der Waals surface area contributed by atoms with Crippen LogP contribution in [0.3, 0.4) is 0 Å². The number of anilines is 3. The molecule has 0 saturated heterocycles. The first-order chi connectivity index (χ1) is 29.8. The largest absolute Gasteiger partial charge is 0.455 e. The third-order valence-corrected chi connectivity index (χ3v) is 11.7. The van der Waals surface area contributed by atoms with Crippen LogP contribution in [0.5, 0.6) is 0 Å². The molecule has 1 aromatic heterocycles. The fourth-order valence-corrected chi connectivity index (χ4v) is 8.75. The van der Waals surface area contributed by atoms with Gasteiger partial charge in [-0.3, -0.25) is 0 Å². The molecule has 1 heterocycles. The van der Waals surface area contributed by atoms with Gasteiger partial charge in [-0.05, 0) is 97.6 Å². The van der Waals surface area contributed by atoms with Crippen molar-refractivity contribution in [2.45, 2.75) is 0 Å². The van der Waals surface area contributed by atoms with Gasteiger partial charge in [0.15, 0.2) is 0 Å². The molecule has 0 N–H and O–H groups in total. The van der Waals surface area contributed by atoms with Gasteiger partial charge in [0.1, 0.15) is 11.3 Å². The topological polar surface area (TPSA) is 16.4 Å². The van der Waals surface area contributed by atoms with Crippen LogP contribution >= 0.6 is 0 Å². The number of fused-ring (bicyclic) bond motifs is 6. The Bertz CT molecular complexity index is 3250. The summed E-state index contributed by atoms with van der Waals surface area (Å²) in [5.74, 6) is 0.893. The van der Waals surface area contributed by atoms with E-state index < -0.39 is 0 Å². The standard InChI is InChI=1S/C58H39NO/c1-5-15-40(16-6-1)41-25-27-42(28-26-41)43-29-34-49(35-30-43)59(48-21-11-4-12-22-48)50-36-31-44(32-37-50)47-33-38-52-54(39-47)51-23-13-14-24-53(51)58-56(52)55(45-17-7-2-8-18-45)57(60-58)46-19-9-3-10-20-46/h1-39H. The lowest BCUT2D eigenvalue weighted by molar-refractivity contribution is 0.636. The first-order valence-electron chi connectivity index (χ1n) is 20.5. The summed E-state index contributed by atoms with van der Waals surface area (Å²) >= 11 is 0. The summed E-state index contributed by atoms with van der Waals surface area (Å²) < 4.78 is 6.93. The first kappa shape index (κ1) is 35.2. The highest BCUT2D eigenvalue weighted by Crippen LogP contribution is 2.48. The highest BCUT2D eigenvalue weighted by atomic mass is 16.3. The van der Waals surface area contributed by atoms with Gasteiger partial charge in [0.25, 0.3) is 0 Å². The van der Waals surface area contributed by atoms with Crippen LogP contribution in [-0.4, -0.2) is 0 Å². The number of rotatable bonds is 8. The summed E-state index contributed by atoms with van der Waals surface area (Å²) in [7, 11) is 0. The Labute approximate surface area is 349 Å². The molecule has 0 aliphatic carbocycles. The van der Waals surface area contributed by atoms with Crippen molar-refractivity contribution < 1.29 is 4.42 Å². The molecule has 0 amide bonds. The second kappa shape index (κ2) is 15.1. The van der Waals surface area contributed by atoms with Gasteiger partial charge in [0.2, 0.25) is 0 Å². The van der Waals surface area contributed by atoms with Gasteiger partial charge in [-0.15, -0.1) is 0 Å². The molecular formula is C58H39NO. The Hall–Kier alpha value is -7.94. The number of benzene rings is 10. The lowest BCUT2D eigenvalue weighted by Gasteiger charge is -2.26. The average Bonchev–Trinajstić information content (AvgIpc) is 3.75. The molecule has 60 heavy (non-hydrogen) atoms. The number of nitrogens with zero attached hydrogens (tertiary/aromatic N) is 1. The van der Waals surface area contributed by atoms with Crippen molar-refractivity contribution in [1.29, 1.82) is 0 Å². The van der Waals surface area contributed by atoms with Gasteiger partial charge in [0.05, 0.1) is 0 Å². The summed E-state index contributed by atoms with van der Waals surface area (Å²) in [6.45, 7) is 0. The maximum Gasteiger partial charge on any atom is 0.143 e. The fraction of sp³-hybridized carbons (Fsp3) is 0. The minimum Gasteiger partial charge on any atom is -0.455 e. The number of para-hydroxylation sites is 1. The van der Waals surface area contributed by atoms with Crippen molar-refractivity contribution in [1.82, 2.24) is 0 Å². The summed E-state index contributed by atoms with van der Waals surface area (Å²) in [6.07, 6.45) is 0. The zero-order valence-electron chi connectivity index (χ0n) is 32.9. The Morgan fingerprint density at radius 3 is 1.23 bits per heavy atom. The van der Waals surface area contributed by atoms with Crippen molar-refractivity contribution in [3.8, 4) is 55.8 Å². The minimum absolute atomic E-state index is 0.893. The van der Waals surface area contributed by atoms with E-state index >= 15 is 0 Å². The average molecular weight is 766 g/mol. The van der Waals surface area contributed by atoms with E-state index in [0.717, 1.165) is 61.4 Å². The zero-order valence-corrected chi connectivity index (χ0v) is 32.9. The van der Waals surface area contributed by atoms with E-state index in [2.05, 4.69) is 241 Å². The molecule has 0 aliphatic rings. The minimum atomic E-state index is 0.893. The van der Waals surface area contributed by atoms with Crippen LogP contribution in [0.4, 0.5) is 17.1 Å². The fourth-order valence-electron chi connectivity index (χ4n) is 8.75. The van der Waals surface area contributed by atoms with E-state index in [1.54, 1.807) is 0 Å². The van der Waals surface area contributed by atoms with Crippen LogP contribution in [0.25, 0.3) is 88.3 Å². The SMILES string of the molecule is c1ccc(-c2ccc(-c3ccc(N(c4ccccc4)c4ccc(-c5ccc6c(c5)c5ccccc5c5oc(-c7ccccc7)c(-c7ccccc7)c65)cc4)cc3)cc2)cc1. The van der Waals surface area contributed by atoms with Crippen molar-refractivity contribution in [2.75, 3.05) is 4.90 Å². The first-order valence-corrected chi connectivity index (χ1v) is 20.5. The summed E-state index contributed by atoms with van der Waals surface area (Å²) in [4.78, 5) is 2.32. The van der Waals surface area contributed by atoms with Crippen molar-refractivity contribution in [3.63, 3.8) is 0 Å². The van der Waals surface area contributed by atoms with Crippen LogP contribution in [0.2, 0.25) is 0 Å². The Morgan fingerprint density at radius 2 is 0.667 bits per heavy atom. The molecule has 11 aromatic rings. The van der Waals surface area contributed by atoms with Crippen molar-refractivity contribution in [2.24, 2.45) is 0 Å². The van der Waals surface area contributed by atoms with Gasteiger partial charge in [-0.2, -0.15) is 0 Å². The Morgan fingerprint density at radius 1 is 0.267 bits per heavy atom. The van der Waals surface area contributed by atoms with E-state index in [4.69, 9.17) is 4.42 Å². The van der Waals surface area contributed by atoms with Crippen LogP contribution in [0.15, 0.2) is 241 Å². The predicted octanol–water partition coefficient (Wildman–Crippen LogP) is 16.5. The molecule has 2 heteroatoms. The monoisotopic (exact) mass is 765 g/mol. The van der Waals surface area contributed by atoms with Crippen LogP contribution in [0, 0.1) is 0 Å².